The molecule has 0 bridgehead atoms. The molecule has 1 aromatic heterocycles. The van der Waals surface area contributed by atoms with Gasteiger partial charge in [-0.1, -0.05) is 35.9 Å². The molecule has 26 heavy (non-hydrogen) atoms. The number of hydrogen-bond donors (Lipinski definition) is 2. The Balaban J connectivity index is 1.63. The first-order valence-corrected chi connectivity index (χ1v) is 9.30. The van der Waals surface area contributed by atoms with Crippen LogP contribution in [0.2, 0.25) is 5.02 Å². The lowest BCUT2D eigenvalue weighted by atomic mass is 10.1. The van der Waals surface area contributed by atoms with Crippen molar-refractivity contribution in [3.63, 3.8) is 0 Å². The summed E-state index contributed by atoms with van der Waals surface area (Å²) < 4.78 is 0. The average Bonchev–Trinajstić information content (AvgIpc) is 3.17. The molecule has 132 valence electrons. The Kier molecular flexibility index (Phi) is 5.71. The largest absolute Gasteiger partial charge is 0.345 e. The highest BCUT2D eigenvalue weighted by Gasteiger charge is 2.14. The monoisotopic (exact) mass is 384 g/mol. The lowest BCUT2D eigenvalue weighted by Gasteiger charge is -2.16. The number of amides is 2. The van der Waals surface area contributed by atoms with E-state index in [0.29, 0.717) is 21.2 Å². The van der Waals surface area contributed by atoms with Crippen LogP contribution in [-0.2, 0) is 0 Å². The zero-order valence-corrected chi connectivity index (χ0v) is 15.6. The van der Waals surface area contributed by atoms with E-state index in [-0.39, 0.29) is 17.9 Å². The van der Waals surface area contributed by atoms with E-state index in [4.69, 9.17) is 11.6 Å². The van der Waals surface area contributed by atoms with E-state index in [1.807, 2.05) is 36.6 Å². The first-order valence-electron chi connectivity index (χ1n) is 8.05. The van der Waals surface area contributed by atoms with Crippen molar-refractivity contribution < 1.29 is 9.59 Å². The summed E-state index contributed by atoms with van der Waals surface area (Å²) >= 11 is 7.55. The van der Waals surface area contributed by atoms with Gasteiger partial charge in [-0.2, -0.15) is 0 Å². The molecular weight excluding hydrogens is 368 g/mol. The van der Waals surface area contributed by atoms with Crippen molar-refractivity contribution in [2.75, 3.05) is 5.32 Å². The van der Waals surface area contributed by atoms with Gasteiger partial charge in [0.15, 0.2) is 0 Å². The SMILES string of the molecule is CC(NC(=O)c1ccc(NC(=O)c2cccs2)cc1)c1ccccc1Cl. The predicted molar refractivity (Wildman–Crippen MR) is 106 cm³/mol. The lowest BCUT2D eigenvalue weighted by Crippen LogP contribution is -2.26. The second-order valence-electron chi connectivity index (χ2n) is 5.73. The van der Waals surface area contributed by atoms with Crippen LogP contribution in [-0.4, -0.2) is 11.8 Å². The Hall–Kier alpha value is -2.63. The Labute approximate surface area is 160 Å². The van der Waals surface area contributed by atoms with Gasteiger partial charge >= 0.3 is 0 Å². The first-order chi connectivity index (χ1) is 12.5. The van der Waals surface area contributed by atoms with Gasteiger partial charge in [-0.25, -0.2) is 0 Å². The van der Waals surface area contributed by atoms with Crippen molar-refractivity contribution in [3.05, 3.63) is 87.1 Å². The summed E-state index contributed by atoms with van der Waals surface area (Å²) in [6.45, 7) is 1.88. The van der Waals surface area contributed by atoms with Crippen molar-refractivity contribution in [3.8, 4) is 0 Å². The Bertz CT molecular complexity index is 908. The molecule has 0 radical (unpaired) electrons. The van der Waals surface area contributed by atoms with E-state index in [1.54, 1.807) is 36.4 Å². The maximum atomic E-state index is 12.4. The molecule has 0 saturated heterocycles. The fourth-order valence-electron chi connectivity index (χ4n) is 2.49. The van der Waals surface area contributed by atoms with Crippen LogP contribution in [0.4, 0.5) is 5.69 Å². The zero-order valence-electron chi connectivity index (χ0n) is 14.0. The molecule has 0 aliphatic heterocycles. The van der Waals surface area contributed by atoms with Gasteiger partial charge in [-0.15, -0.1) is 11.3 Å². The molecule has 0 fully saturated rings. The highest BCUT2D eigenvalue weighted by Crippen LogP contribution is 2.22. The molecule has 0 aliphatic rings. The van der Waals surface area contributed by atoms with Crippen LogP contribution in [0.3, 0.4) is 0 Å². The van der Waals surface area contributed by atoms with Crippen LogP contribution in [0.25, 0.3) is 0 Å². The van der Waals surface area contributed by atoms with Crippen LogP contribution in [0.5, 0.6) is 0 Å². The van der Waals surface area contributed by atoms with Gasteiger partial charge in [0.25, 0.3) is 11.8 Å². The molecule has 3 aromatic rings. The van der Waals surface area contributed by atoms with E-state index in [0.717, 1.165) is 5.56 Å². The standard InChI is InChI=1S/C20H17ClN2O2S/c1-13(16-5-2-3-6-17(16)21)22-19(24)14-8-10-15(11-9-14)23-20(25)18-7-4-12-26-18/h2-13H,1H3,(H,22,24)(H,23,25). The number of anilines is 1. The van der Waals surface area contributed by atoms with Crippen LogP contribution < -0.4 is 10.6 Å². The van der Waals surface area contributed by atoms with Gasteiger partial charge in [0, 0.05) is 16.3 Å². The maximum Gasteiger partial charge on any atom is 0.265 e. The van der Waals surface area contributed by atoms with E-state index < -0.39 is 0 Å². The molecule has 1 atom stereocenters. The van der Waals surface area contributed by atoms with Crippen molar-refractivity contribution in [1.82, 2.24) is 5.32 Å². The van der Waals surface area contributed by atoms with Crippen molar-refractivity contribution in [2.24, 2.45) is 0 Å². The maximum absolute atomic E-state index is 12.4. The van der Waals surface area contributed by atoms with E-state index in [1.165, 1.54) is 11.3 Å². The lowest BCUT2D eigenvalue weighted by molar-refractivity contribution is 0.0939. The second-order valence-corrected chi connectivity index (χ2v) is 7.08. The summed E-state index contributed by atoms with van der Waals surface area (Å²) in [5.41, 5.74) is 2.01. The van der Waals surface area contributed by atoms with E-state index >= 15 is 0 Å². The average molecular weight is 385 g/mol. The number of rotatable bonds is 5. The molecule has 1 heterocycles. The molecule has 1 unspecified atom stereocenters. The molecule has 3 rings (SSSR count). The number of benzene rings is 2. The Morgan fingerprint density at radius 2 is 1.69 bits per heavy atom. The minimum atomic E-state index is -0.214. The quantitative estimate of drug-likeness (QED) is 0.639. The third-order valence-electron chi connectivity index (χ3n) is 3.87. The number of carbonyl (C=O) groups is 2. The zero-order chi connectivity index (χ0) is 18.5. The highest BCUT2D eigenvalue weighted by molar-refractivity contribution is 7.12. The number of hydrogen-bond acceptors (Lipinski definition) is 3. The molecule has 0 aliphatic carbocycles. The molecule has 0 saturated carbocycles. The van der Waals surface area contributed by atoms with Gasteiger partial charge in [0.05, 0.1) is 10.9 Å². The molecule has 2 amide bonds. The third kappa shape index (κ3) is 4.31. The summed E-state index contributed by atoms with van der Waals surface area (Å²) in [7, 11) is 0. The van der Waals surface area contributed by atoms with Gasteiger partial charge in [-0.05, 0) is 54.3 Å². The summed E-state index contributed by atoms with van der Waals surface area (Å²) in [6.07, 6.45) is 0. The summed E-state index contributed by atoms with van der Waals surface area (Å²) in [6, 6.07) is 17.6. The van der Waals surface area contributed by atoms with Gasteiger partial charge < -0.3 is 10.6 Å². The normalized spacial score (nSPS) is 11.6. The van der Waals surface area contributed by atoms with Gasteiger partial charge in [0.2, 0.25) is 0 Å². The highest BCUT2D eigenvalue weighted by atomic mass is 35.5. The molecule has 4 nitrogen and oxygen atoms in total. The van der Waals surface area contributed by atoms with Crippen molar-refractivity contribution in [2.45, 2.75) is 13.0 Å². The molecule has 0 spiro atoms. The molecular formula is C20H17ClN2O2S. The van der Waals surface area contributed by atoms with Crippen LogP contribution >= 0.6 is 22.9 Å². The molecule has 2 aromatic carbocycles. The predicted octanol–water partition coefficient (Wildman–Crippen LogP) is 5.14. The number of halogens is 1. The van der Waals surface area contributed by atoms with E-state index in [2.05, 4.69) is 10.6 Å². The summed E-state index contributed by atoms with van der Waals surface area (Å²) in [4.78, 5) is 25.1. The minimum Gasteiger partial charge on any atom is -0.345 e. The minimum absolute atomic E-state index is 0.162. The third-order valence-corrected chi connectivity index (χ3v) is 5.08. The van der Waals surface area contributed by atoms with Crippen LogP contribution in [0.1, 0.15) is 38.6 Å². The fraction of sp³-hybridized carbons (Fsp3) is 0.100. The Morgan fingerprint density at radius 1 is 0.962 bits per heavy atom. The number of thiophene rings is 1. The first kappa shape index (κ1) is 18.2. The topological polar surface area (TPSA) is 58.2 Å². The fourth-order valence-corrected chi connectivity index (χ4v) is 3.41. The molecule has 6 heteroatoms. The Morgan fingerprint density at radius 3 is 2.35 bits per heavy atom. The number of carbonyl (C=O) groups excluding carboxylic acids is 2. The van der Waals surface area contributed by atoms with Crippen LogP contribution in [0, 0.1) is 0 Å². The molecule has 2 N–H and O–H groups in total. The van der Waals surface area contributed by atoms with Crippen LogP contribution in [0.15, 0.2) is 66.0 Å². The van der Waals surface area contributed by atoms with Gasteiger partial charge in [0.1, 0.15) is 0 Å². The summed E-state index contributed by atoms with van der Waals surface area (Å²) in [5, 5.41) is 8.20. The van der Waals surface area contributed by atoms with Crippen molar-refractivity contribution in [1.29, 1.82) is 0 Å². The number of nitrogens with one attached hydrogen (secondary N) is 2. The van der Waals surface area contributed by atoms with Crippen molar-refractivity contribution >= 4 is 40.4 Å². The van der Waals surface area contributed by atoms with Gasteiger partial charge in [-0.3, -0.25) is 9.59 Å². The van der Waals surface area contributed by atoms with E-state index in [9.17, 15) is 9.59 Å². The second kappa shape index (κ2) is 8.17. The smallest absolute Gasteiger partial charge is 0.265 e. The summed E-state index contributed by atoms with van der Waals surface area (Å²) in [5.74, 6) is -0.363.